The summed E-state index contributed by atoms with van der Waals surface area (Å²) < 4.78 is 2.14. The molecular formula is C21H24ClN5. The Morgan fingerprint density at radius 3 is 2.63 bits per heavy atom. The first kappa shape index (κ1) is 19.0. The zero-order valence-electron chi connectivity index (χ0n) is 15.4. The van der Waals surface area contributed by atoms with Crippen molar-refractivity contribution in [3.8, 4) is 0 Å². The zero-order chi connectivity index (χ0) is 18.9. The first-order valence-corrected chi connectivity index (χ1v) is 9.36. The summed E-state index contributed by atoms with van der Waals surface area (Å²) in [5.74, 6) is 1.71. The summed E-state index contributed by atoms with van der Waals surface area (Å²) in [6.07, 6.45) is 4.66. The monoisotopic (exact) mass is 381 g/mol. The van der Waals surface area contributed by atoms with E-state index in [1.807, 2.05) is 42.7 Å². The second-order valence-corrected chi connectivity index (χ2v) is 6.56. The van der Waals surface area contributed by atoms with Crippen molar-refractivity contribution >= 4 is 17.6 Å². The Kier molecular flexibility index (Phi) is 6.88. The van der Waals surface area contributed by atoms with Gasteiger partial charge >= 0.3 is 0 Å². The van der Waals surface area contributed by atoms with E-state index in [1.165, 1.54) is 5.56 Å². The van der Waals surface area contributed by atoms with Gasteiger partial charge in [-0.05, 0) is 23.6 Å². The molecule has 0 fully saturated rings. The number of halogens is 1. The predicted molar refractivity (Wildman–Crippen MR) is 111 cm³/mol. The van der Waals surface area contributed by atoms with Crippen LogP contribution < -0.4 is 10.6 Å². The van der Waals surface area contributed by atoms with Gasteiger partial charge in [-0.15, -0.1) is 0 Å². The Morgan fingerprint density at radius 1 is 1.07 bits per heavy atom. The molecular weight excluding hydrogens is 358 g/mol. The van der Waals surface area contributed by atoms with Crippen molar-refractivity contribution < 1.29 is 0 Å². The van der Waals surface area contributed by atoms with Crippen molar-refractivity contribution in [2.45, 2.75) is 19.5 Å². The van der Waals surface area contributed by atoms with Crippen LogP contribution in [0.5, 0.6) is 0 Å². The van der Waals surface area contributed by atoms with Gasteiger partial charge in [0.15, 0.2) is 5.96 Å². The Morgan fingerprint density at radius 2 is 1.85 bits per heavy atom. The van der Waals surface area contributed by atoms with E-state index in [9.17, 15) is 0 Å². The molecule has 3 rings (SSSR count). The van der Waals surface area contributed by atoms with Crippen LogP contribution in [0.15, 0.2) is 72.0 Å². The third-order valence-corrected chi connectivity index (χ3v) is 4.65. The molecule has 27 heavy (non-hydrogen) atoms. The van der Waals surface area contributed by atoms with Crippen molar-refractivity contribution in [1.82, 2.24) is 20.2 Å². The van der Waals surface area contributed by atoms with Crippen LogP contribution in [-0.2, 0) is 19.5 Å². The largest absolute Gasteiger partial charge is 0.356 e. The summed E-state index contributed by atoms with van der Waals surface area (Å²) in [4.78, 5) is 8.74. The van der Waals surface area contributed by atoms with Gasteiger partial charge in [-0.2, -0.15) is 0 Å². The molecule has 0 atom stereocenters. The maximum Gasteiger partial charge on any atom is 0.191 e. The topological polar surface area (TPSA) is 54.2 Å². The van der Waals surface area contributed by atoms with Gasteiger partial charge in [0.25, 0.3) is 0 Å². The molecule has 0 aliphatic carbocycles. The predicted octanol–water partition coefficient (Wildman–Crippen LogP) is 3.49. The number of aliphatic imine (C=N–C) groups is 1. The van der Waals surface area contributed by atoms with Crippen LogP contribution in [0.4, 0.5) is 0 Å². The number of rotatable bonds is 7. The Bertz CT molecular complexity index is 873. The van der Waals surface area contributed by atoms with E-state index >= 15 is 0 Å². The molecule has 2 aromatic carbocycles. The molecule has 5 nitrogen and oxygen atoms in total. The molecule has 2 N–H and O–H groups in total. The molecule has 0 bridgehead atoms. The number of aromatic nitrogens is 2. The average molecular weight is 382 g/mol. The minimum absolute atomic E-state index is 0.603. The van der Waals surface area contributed by atoms with Gasteiger partial charge in [0.05, 0.1) is 6.54 Å². The lowest BCUT2D eigenvalue weighted by Crippen LogP contribution is -2.38. The number of benzene rings is 2. The number of imidazole rings is 1. The van der Waals surface area contributed by atoms with Crippen LogP contribution in [0.3, 0.4) is 0 Å². The minimum atomic E-state index is 0.603. The lowest BCUT2D eigenvalue weighted by atomic mass is 10.1. The van der Waals surface area contributed by atoms with E-state index in [2.05, 4.69) is 49.4 Å². The van der Waals surface area contributed by atoms with Crippen molar-refractivity contribution in [2.75, 3.05) is 13.6 Å². The normalized spacial score (nSPS) is 11.4. The summed E-state index contributed by atoms with van der Waals surface area (Å²) in [6.45, 7) is 2.16. The van der Waals surface area contributed by atoms with Crippen molar-refractivity contribution in [2.24, 2.45) is 4.99 Å². The average Bonchev–Trinajstić information content (AvgIpc) is 3.13. The molecule has 1 heterocycles. The molecule has 6 heteroatoms. The molecule has 0 aliphatic heterocycles. The highest BCUT2D eigenvalue weighted by Crippen LogP contribution is 2.14. The van der Waals surface area contributed by atoms with E-state index < -0.39 is 0 Å². The van der Waals surface area contributed by atoms with Crippen LogP contribution in [0.1, 0.15) is 17.0 Å². The molecule has 0 unspecified atom stereocenters. The maximum absolute atomic E-state index is 6.20. The van der Waals surface area contributed by atoms with Crippen molar-refractivity contribution in [1.29, 1.82) is 0 Å². The van der Waals surface area contributed by atoms with Gasteiger partial charge in [-0.3, -0.25) is 4.99 Å². The quantitative estimate of drug-likeness (QED) is 0.486. The highest BCUT2D eigenvalue weighted by atomic mass is 35.5. The van der Waals surface area contributed by atoms with E-state index in [4.69, 9.17) is 11.6 Å². The van der Waals surface area contributed by atoms with Crippen LogP contribution >= 0.6 is 11.6 Å². The number of nitrogens with zero attached hydrogens (tertiary/aromatic N) is 3. The number of hydrogen-bond donors (Lipinski definition) is 2. The molecule has 0 aliphatic rings. The fraction of sp³-hybridized carbons (Fsp3) is 0.238. The van der Waals surface area contributed by atoms with Crippen LogP contribution in [0, 0.1) is 0 Å². The van der Waals surface area contributed by atoms with E-state index in [0.29, 0.717) is 6.54 Å². The molecule has 0 saturated heterocycles. The molecule has 0 radical (unpaired) electrons. The Hall–Kier alpha value is -2.79. The van der Waals surface area contributed by atoms with Gasteiger partial charge in [0.1, 0.15) is 5.82 Å². The standard InChI is InChI=1S/C21H24ClN5/c1-23-21(25-12-11-18-9-5-6-10-19(18)22)26-15-20-24-13-14-27(20)16-17-7-3-2-4-8-17/h2-10,13-14H,11-12,15-16H2,1H3,(H2,23,25,26). The van der Waals surface area contributed by atoms with E-state index in [1.54, 1.807) is 7.05 Å². The summed E-state index contributed by atoms with van der Waals surface area (Å²) in [6, 6.07) is 18.3. The van der Waals surface area contributed by atoms with Gasteiger partial charge in [-0.25, -0.2) is 4.98 Å². The number of guanidine groups is 1. The minimum Gasteiger partial charge on any atom is -0.356 e. The first-order chi connectivity index (χ1) is 13.3. The molecule has 0 spiro atoms. The lowest BCUT2D eigenvalue weighted by Gasteiger charge is -2.13. The van der Waals surface area contributed by atoms with Gasteiger partial charge in [-0.1, -0.05) is 60.1 Å². The second-order valence-electron chi connectivity index (χ2n) is 6.15. The van der Waals surface area contributed by atoms with Crippen LogP contribution in [0.25, 0.3) is 0 Å². The third kappa shape index (κ3) is 5.59. The van der Waals surface area contributed by atoms with Gasteiger partial charge in [0, 0.05) is 37.6 Å². The second kappa shape index (κ2) is 9.78. The Labute approximate surface area is 165 Å². The molecule has 140 valence electrons. The fourth-order valence-electron chi connectivity index (χ4n) is 2.83. The number of hydrogen-bond acceptors (Lipinski definition) is 2. The fourth-order valence-corrected chi connectivity index (χ4v) is 3.06. The van der Waals surface area contributed by atoms with Gasteiger partial charge in [0.2, 0.25) is 0 Å². The van der Waals surface area contributed by atoms with Gasteiger partial charge < -0.3 is 15.2 Å². The summed E-state index contributed by atoms with van der Waals surface area (Å²) in [5.41, 5.74) is 2.37. The highest BCUT2D eigenvalue weighted by Gasteiger charge is 2.06. The molecule has 3 aromatic rings. The van der Waals surface area contributed by atoms with E-state index in [-0.39, 0.29) is 0 Å². The summed E-state index contributed by atoms with van der Waals surface area (Å²) in [5, 5.41) is 7.44. The maximum atomic E-state index is 6.20. The summed E-state index contributed by atoms with van der Waals surface area (Å²) >= 11 is 6.20. The number of nitrogens with one attached hydrogen (secondary N) is 2. The molecule has 1 aromatic heterocycles. The highest BCUT2D eigenvalue weighted by molar-refractivity contribution is 6.31. The summed E-state index contributed by atoms with van der Waals surface area (Å²) in [7, 11) is 1.77. The van der Waals surface area contributed by atoms with E-state index in [0.717, 1.165) is 41.9 Å². The van der Waals surface area contributed by atoms with Crippen molar-refractivity contribution in [3.05, 3.63) is 89.0 Å². The molecule has 0 saturated carbocycles. The van der Waals surface area contributed by atoms with Crippen LogP contribution in [-0.4, -0.2) is 29.1 Å². The first-order valence-electron chi connectivity index (χ1n) is 8.98. The SMILES string of the molecule is CN=C(NCCc1ccccc1Cl)NCc1nccn1Cc1ccccc1. The Balaban J connectivity index is 1.50. The lowest BCUT2D eigenvalue weighted by molar-refractivity contribution is 0.687. The van der Waals surface area contributed by atoms with Crippen LogP contribution in [0.2, 0.25) is 5.02 Å². The smallest absolute Gasteiger partial charge is 0.191 e. The molecule has 0 amide bonds. The van der Waals surface area contributed by atoms with Crippen molar-refractivity contribution in [3.63, 3.8) is 0 Å². The third-order valence-electron chi connectivity index (χ3n) is 4.28. The zero-order valence-corrected chi connectivity index (χ0v) is 16.2.